The number of hydrogen-bond donors (Lipinski definition) is 0. The normalized spacial score (nSPS) is 12.8. The van der Waals surface area contributed by atoms with Gasteiger partial charge in [0.25, 0.3) is 6.33 Å². The first kappa shape index (κ1) is 16.9. The molecule has 5 aromatic rings. The number of pyridine rings is 1. The second kappa shape index (κ2) is 6.52. The molecule has 0 N–H and O–H groups in total. The first-order chi connectivity index (χ1) is 14.8. The number of ether oxygens (including phenoxy) is 1. The number of fused-ring (bicyclic) bond motifs is 1. The van der Waals surface area contributed by atoms with Crippen LogP contribution in [0.1, 0.15) is 0 Å². The van der Waals surface area contributed by atoms with Gasteiger partial charge in [0.05, 0.1) is 23.0 Å². The van der Waals surface area contributed by atoms with Gasteiger partial charge in [0, 0.05) is 12.3 Å². The van der Waals surface area contributed by atoms with Gasteiger partial charge in [0.1, 0.15) is 24.2 Å². The van der Waals surface area contributed by atoms with Crippen molar-refractivity contribution in [3.63, 3.8) is 0 Å². The van der Waals surface area contributed by atoms with Crippen LogP contribution in [0.5, 0.6) is 5.75 Å². The molecular weight excluding hydrogens is 374 g/mol. The SMILES string of the molecule is O=c1c(-c2cc[n+](-c3ccc4ccccc4c3)cn2)cn2c3c(cccc13)OCC2. The molecule has 0 bridgehead atoms. The smallest absolute Gasteiger partial charge is 0.291 e. The predicted molar refractivity (Wildman–Crippen MR) is 116 cm³/mol. The van der Waals surface area contributed by atoms with E-state index in [1.165, 1.54) is 10.8 Å². The summed E-state index contributed by atoms with van der Waals surface area (Å²) in [6, 6.07) is 22.1. The van der Waals surface area contributed by atoms with Crippen LogP contribution in [0.25, 0.3) is 38.6 Å². The largest absolute Gasteiger partial charge is 0.490 e. The molecule has 3 aromatic carbocycles. The van der Waals surface area contributed by atoms with Crippen LogP contribution in [0, 0.1) is 0 Å². The maximum Gasteiger partial charge on any atom is 0.291 e. The summed E-state index contributed by atoms with van der Waals surface area (Å²) in [5.74, 6) is 0.762. The third kappa shape index (κ3) is 2.59. The second-order valence-electron chi connectivity index (χ2n) is 7.45. The van der Waals surface area contributed by atoms with Crippen LogP contribution < -0.4 is 14.7 Å². The van der Waals surface area contributed by atoms with Crippen molar-refractivity contribution in [1.82, 2.24) is 9.55 Å². The summed E-state index contributed by atoms with van der Waals surface area (Å²) in [6.07, 6.45) is 5.62. The first-order valence-electron chi connectivity index (χ1n) is 9.94. The molecule has 0 atom stereocenters. The molecule has 0 radical (unpaired) electrons. The van der Waals surface area contributed by atoms with E-state index < -0.39 is 0 Å². The number of benzene rings is 3. The van der Waals surface area contributed by atoms with Crippen LogP contribution in [-0.2, 0) is 6.54 Å². The number of aromatic nitrogens is 3. The van der Waals surface area contributed by atoms with E-state index in [1.54, 1.807) is 6.33 Å². The zero-order chi connectivity index (χ0) is 20.1. The standard InChI is InChI=1S/C25H18N3O2/c29-25-20-6-3-7-23-24(20)27(12-13-30-23)15-21(25)22-10-11-28(16-26-22)19-9-8-17-4-1-2-5-18(17)14-19/h1-11,14-16H,12-13H2/q+1. The van der Waals surface area contributed by atoms with Crippen LogP contribution in [0.15, 0.2) is 90.2 Å². The van der Waals surface area contributed by atoms with Gasteiger partial charge in [-0.2, -0.15) is 0 Å². The average molecular weight is 392 g/mol. The van der Waals surface area contributed by atoms with Crippen molar-refractivity contribution in [2.24, 2.45) is 0 Å². The summed E-state index contributed by atoms with van der Waals surface area (Å²) in [6.45, 7) is 1.31. The third-order valence-corrected chi connectivity index (χ3v) is 5.67. The van der Waals surface area contributed by atoms with Crippen LogP contribution in [0.4, 0.5) is 0 Å². The van der Waals surface area contributed by atoms with Gasteiger partial charge >= 0.3 is 0 Å². The molecule has 0 unspecified atom stereocenters. The minimum atomic E-state index is -0.0236. The summed E-state index contributed by atoms with van der Waals surface area (Å²) in [7, 11) is 0. The molecule has 2 aromatic heterocycles. The lowest BCUT2D eigenvalue weighted by Crippen LogP contribution is -2.30. The molecular formula is C25H18N3O2+. The molecule has 1 aliphatic rings. The Morgan fingerprint density at radius 3 is 2.73 bits per heavy atom. The van der Waals surface area contributed by atoms with E-state index in [1.807, 2.05) is 53.4 Å². The highest BCUT2D eigenvalue weighted by Crippen LogP contribution is 2.28. The topological polar surface area (TPSA) is 48.0 Å². The second-order valence-corrected chi connectivity index (χ2v) is 7.45. The molecule has 5 heteroatoms. The fourth-order valence-corrected chi connectivity index (χ4v) is 4.16. The van der Waals surface area contributed by atoms with Crippen LogP contribution in [-0.4, -0.2) is 16.2 Å². The van der Waals surface area contributed by atoms with Gasteiger partial charge in [0.2, 0.25) is 5.43 Å². The van der Waals surface area contributed by atoms with Crippen LogP contribution >= 0.6 is 0 Å². The molecule has 6 rings (SSSR count). The summed E-state index contributed by atoms with van der Waals surface area (Å²) >= 11 is 0. The fraction of sp³-hybridized carbons (Fsp3) is 0.0800. The quantitative estimate of drug-likeness (QED) is 0.428. The van der Waals surface area contributed by atoms with Gasteiger partial charge < -0.3 is 9.30 Å². The molecule has 30 heavy (non-hydrogen) atoms. The zero-order valence-electron chi connectivity index (χ0n) is 16.2. The summed E-state index contributed by atoms with van der Waals surface area (Å²) in [4.78, 5) is 17.8. The molecule has 0 spiro atoms. The number of hydrogen-bond acceptors (Lipinski definition) is 3. The van der Waals surface area contributed by atoms with E-state index in [4.69, 9.17) is 4.74 Å². The Kier molecular flexibility index (Phi) is 3.68. The number of para-hydroxylation sites is 1. The Morgan fingerprint density at radius 2 is 1.87 bits per heavy atom. The van der Waals surface area contributed by atoms with Crippen LogP contribution in [0.3, 0.4) is 0 Å². The van der Waals surface area contributed by atoms with Crippen molar-refractivity contribution >= 4 is 21.7 Å². The highest BCUT2D eigenvalue weighted by Gasteiger charge is 2.20. The highest BCUT2D eigenvalue weighted by atomic mass is 16.5. The Balaban J connectivity index is 1.45. The van der Waals surface area contributed by atoms with E-state index in [0.29, 0.717) is 29.8 Å². The molecule has 0 saturated heterocycles. The van der Waals surface area contributed by atoms with E-state index in [9.17, 15) is 4.79 Å². The van der Waals surface area contributed by atoms with E-state index in [2.05, 4.69) is 39.9 Å². The Morgan fingerprint density at radius 1 is 0.967 bits per heavy atom. The summed E-state index contributed by atoms with van der Waals surface area (Å²) in [5, 5.41) is 3.04. The first-order valence-corrected chi connectivity index (χ1v) is 9.94. The van der Waals surface area contributed by atoms with Crippen molar-refractivity contribution < 1.29 is 9.30 Å². The molecule has 3 heterocycles. The Hall–Kier alpha value is -3.99. The Labute approximate surface area is 172 Å². The molecule has 1 aliphatic heterocycles. The van der Waals surface area contributed by atoms with Gasteiger partial charge in [-0.25, -0.2) is 4.57 Å². The molecule has 0 amide bonds. The molecule has 5 nitrogen and oxygen atoms in total. The lowest BCUT2D eigenvalue weighted by Gasteiger charge is -2.21. The van der Waals surface area contributed by atoms with Gasteiger partial charge in [-0.05, 0) is 40.0 Å². The molecule has 0 aliphatic carbocycles. The van der Waals surface area contributed by atoms with Crippen molar-refractivity contribution in [1.29, 1.82) is 0 Å². The monoisotopic (exact) mass is 392 g/mol. The third-order valence-electron chi connectivity index (χ3n) is 5.67. The maximum absolute atomic E-state index is 13.2. The van der Waals surface area contributed by atoms with E-state index >= 15 is 0 Å². The lowest BCUT2D eigenvalue weighted by atomic mass is 10.1. The van der Waals surface area contributed by atoms with Gasteiger partial charge in [-0.15, -0.1) is 0 Å². The van der Waals surface area contributed by atoms with Crippen molar-refractivity contribution in [3.8, 4) is 22.7 Å². The van der Waals surface area contributed by atoms with Crippen molar-refractivity contribution in [2.75, 3.05) is 6.61 Å². The predicted octanol–water partition coefficient (Wildman–Crippen LogP) is 3.89. The van der Waals surface area contributed by atoms with Crippen molar-refractivity contribution in [2.45, 2.75) is 6.54 Å². The van der Waals surface area contributed by atoms with Crippen LogP contribution in [0.2, 0.25) is 0 Å². The zero-order valence-corrected chi connectivity index (χ0v) is 16.2. The van der Waals surface area contributed by atoms with Gasteiger partial charge in [-0.3, -0.25) is 4.79 Å². The minimum Gasteiger partial charge on any atom is -0.490 e. The summed E-state index contributed by atoms with van der Waals surface area (Å²) in [5.41, 5.74) is 3.14. The average Bonchev–Trinajstić information content (AvgIpc) is 2.81. The fourth-order valence-electron chi connectivity index (χ4n) is 4.16. The number of nitrogens with zero attached hydrogens (tertiary/aromatic N) is 3. The van der Waals surface area contributed by atoms with Gasteiger partial charge in [-0.1, -0.05) is 36.4 Å². The minimum absolute atomic E-state index is 0.0236. The molecule has 144 valence electrons. The highest BCUT2D eigenvalue weighted by molar-refractivity contribution is 5.88. The lowest BCUT2D eigenvalue weighted by molar-refractivity contribution is -0.599. The molecule has 0 fully saturated rings. The number of rotatable bonds is 2. The Bertz CT molecular complexity index is 1490. The molecule has 0 saturated carbocycles. The van der Waals surface area contributed by atoms with Gasteiger partial charge in [0.15, 0.2) is 5.69 Å². The van der Waals surface area contributed by atoms with Crippen molar-refractivity contribution in [3.05, 3.63) is 95.7 Å². The summed E-state index contributed by atoms with van der Waals surface area (Å²) < 4.78 is 9.77. The van der Waals surface area contributed by atoms with E-state index in [-0.39, 0.29) is 5.43 Å². The maximum atomic E-state index is 13.2. The van der Waals surface area contributed by atoms with E-state index in [0.717, 1.165) is 17.0 Å².